The molecule has 3 rings (SSSR count). The van der Waals surface area contributed by atoms with Gasteiger partial charge in [-0.05, 0) is 57.4 Å². The summed E-state index contributed by atoms with van der Waals surface area (Å²) in [5.74, 6) is -0.259. The first-order valence-electron chi connectivity index (χ1n) is 11.9. The minimum Gasteiger partial charge on any atom is -0.494 e. The summed E-state index contributed by atoms with van der Waals surface area (Å²) >= 11 is 0. The van der Waals surface area contributed by atoms with Crippen molar-refractivity contribution in [2.45, 2.75) is 13.1 Å². The van der Waals surface area contributed by atoms with Crippen LogP contribution in [0.4, 0.5) is 18.9 Å². The van der Waals surface area contributed by atoms with Crippen molar-refractivity contribution in [3.8, 4) is 11.5 Å². The quantitative estimate of drug-likeness (QED) is 0.367. The van der Waals surface area contributed by atoms with Gasteiger partial charge in [0.25, 0.3) is 11.8 Å². The fraction of sp³-hybridized carbons (Fsp3) is 0.346. The van der Waals surface area contributed by atoms with Crippen molar-refractivity contribution in [2.75, 3.05) is 51.8 Å². The molecule has 0 saturated heterocycles. The second-order valence-electron chi connectivity index (χ2n) is 8.46. The number of nitrogens with one attached hydrogen (secondary N) is 2. The molecule has 0 radical (unpaired) electrons. The fourth-order valence-electron chi connectivity index (χ4n) is 3.50. The number of amides is 2. The van der Waals surface area contributed by atoms with Crippen LogP contribution in [0.25, 0.3) is 0 Å². The first-order chi connectivity index (χ1) is 18.1. The Balaban J connectivity index is 1.79. The Morgan fingerprint density at radius 3 is 2.42 bits per heavy atom. The molecule has 0 saturated carbocycles. The fourth-order valence-corrected chi connectivity index (χ4v) is 3.50. The zero-order chi connectivity index (χ0) is 27.7. The Kier molecular flexibility index (Phi) is 9.72. The molecule has 0 bridgehead atoms. The first kappa shape index (κ1) is 28.5. The highest BCUT2D eigenvalue weighted by molar-refractivity contribution is 6.07. The summed E-state index contributed by atoms with van der Waals surface area (Å²) in [6, 6.07) is 13.0. The number of carbonyl (C=O) groups is 2. The topological polar surface area (TPSA) is 99.8 Å². The van der Waals surface area contributed by atoms with E-state index >= 15 is 0 Å². The van der Waals surface area contributed by atoms with E-state index in [9.17, 15) is 22.8 Å². The summed E-state index contributed by atoms with van der Waals surface area (Å²) in [6.45, 7) is 3.23. The van der Waals surface area contributed by atoms with Gasteiger partial charge >= 0.3 is 6.18 Å². The molecule has 0 unspecified atom stereocenters. The van der Waals surface area contributed by atoms with Crippen LogP contribution in [0.1, 0.15) is 33.3 Å². The van der Waals surface area contributed by atoms with E-state index in [1.165, 1.54) is 0 Å². The van der Waals surface area contributed by atoms with Crippen molar-refractivity contribution in [3.05, 3.63) is 71.5 Å². The number of H-pyrrole nitrogens is 1. The molecule has 2 aromatic carbocycles. The number of nitrogens with zero attached hydrogens (tertiary/aromatic N) is 3. The largest absolute Gasteiger partial charge is 0.494 e. The van der Waals surface area contributed by atoms with Crippen molar-refractivity contribution in [1.29, 1.82) is 0 Å². The maximum absolute atomic E-state index is 13.5. The third kappa shape index (κ3) is 7.72. The normalized spacial score (nSPS) is 11.3. The van der Waals surface area contributed by atoms with Gasteiger partial charge in [0.2, 0.25) is 0 Å². The van der Waals surface area contributed by atoms with Crippen molar-refractivity contribution < 1.29 is 32.2 Å². The summed E-state index contributed by atoms with van der Waals surface area (Å²) in [5.41, 5.74) is -1.27. The van der Waals surface area contributed by atoms with Gasteiger partial charge in [0.1, 0.15) is 18.1 Å². The van der Waals surface area contributed by atoms with Crippen LogP contribution in [0.2, 0.25) is 0 Å². The van der Waals surface area contributed by atoms with Gasteiger partial charge in [-0.3, -0.25) is 14.7 Å². The van der Waals surface area contributed by atoms with E-state index in [0.29, 0.717) is 42.5 Å². The number of rotatable bonds is 12. The highest BCUT2D eigenvalue weighted by atomic mass is 19.4. The van der Waals surface area contributed by atoms with Crippen LogP contribution in [0, 0.1) is 0 Å². The lowest BCUT2D eigenvalue weighted by atomic mass is 10.1. The molecule has 1 aromatic heterocycles. The van der Waals surface area contributed by atoms with Gasteiger partial charge in [-0.15, -0.1) is 0 Å². The van der Waals surface area contributed by atoms with Crippen molar-refractivity contribution >= 4 is 17.5 Å². The Hall–Kier alpha value is -4.06. The second kappa shape index (κ2) is 13.0. The molecule has 0 aliphatic heterocycles. The summed E-state index contributed by atoms with van der Waals surface area (Å²) in [4.78, 5) is 29.0. The molecule has 0 atom stereocenters. The third-order valence-corrected chi connectivity index (χ3v) is 5.37. The van der Waals surface area contributed by atoms with Gasteiger partial charge in [-0.1, -0.05) is 6.07 Å². The van der Waals surface area contributed by atoms with Crippen LogP contribution in [0.5, 0.6) is 11.5 Å². The molecule has 3 aromatic rings. The molecule has 12 heteroatoms. The van der Waals surface area contributed by atoms with Gasteiger partial charge in [0.15, 0.2) is 5.69 Å². The molecule has 0 aliphatic carbocycles. The zero-order valence-electron chi connectivity index (χ0n) is 21.3. The number of benzene rings is 2. The first-order valence-corrected chi connectivity index (χ1v) is 11.9. The van der Waals surface area contributed by atoms with Crippen LogP contribution in [-0.2, 0) is 6.18 Å². The number of hydrogen-bond donors (Lipinski definition) is 2. The molecule has 2 amide bonds. The molecule has 9 nitrogen and oxygen atoms in total. The minimum atomic E-state index is -4.82. The SMILES string of the molecule is CCOc1ccc(C(=O)NCCN(C(=O)c2c[nH]nc2C(F)(F)F)c2cccc(OCCN(C)C)c2)cc1. The predicted molar refractivity (Wildman–Crippen MR) is 136 cm³/mol. The average Bonchev–Trinajstić information content (AvgIpc) is 3.38. The Labute approximate surface area is 218 Å². The van der Waals surface area contributed by atoms with E-state index < -0.39 is 29.2 Å². The summed E-state index contributed by atoms with van der Waals surface area (Å²) < 4.78 is 51.5. The molecule has 0 aliphatic rings. The van der Waals surface area contributed by atoms with E-state index in [1.54, 1.807) is 48.5 Å². The molecule has 1 heterocycles. The van der Waals surface area contributed by atoms with Crippen LogP contribution >= 0.6 is 0 Å². The van der Waals surface area contributed by atoms with E-state index in [0.717, 1.165) is 11.1 Å². The lowest BCUT2D eigenvalue weighted by Crippen LogP contribution is -2.39. The number of aromatic nitrogens is 2. The zero-order valence-corrected chi connectivity index (χ0v) is 21.3. The van der Waals surface area contributed by atoms with Crippen molar-refractivity contribution in [3.63, 3.8) is 0 Å². The third-order valence-electron chi connectivity index (χ3n) is 5.37. The van der Waals surface area contributed by atoms with Gasteiger partial charge in [-0.2, -0.15) is 18.3 Å². The lowest BCUT2D eigenvalue weighted by Gasteiger charge is -2.24. The van der Waals surface area contributed by atoms with E-state index in [2.05, 4.69) is 15.5 Å². The number of hydrogen-bond acceptors (Lipinski definition) is 6. The maximum atomic E-state index is 13.5. The highest BCUT2D eigenvalue weighted by Gasteiger charge is 2.39. The van der Waals surface area contributed by atoms with Crippen LogP contribution in [0.3, 0.4) is 0 Å². The summed E-state index contributed by atoms with van der Waals surface area (Å²) in [5, 5.41) is 8.05. The predicted octanol–water partition coefficient (Wildman–Crippen LogP) is 3.84. The summed E-state index contributed by atoms with van der Waals surface area (Å²) in [7, 11) is 3.79. The van der Waals surface area contributed by atoms with E-state index in [1.807, 2.05) is 25.9 Å². The van der Waals surface area contributed by atoms with Crippen LogP contribution in [-0.4, -0.2) is 73.9 Å². The second-order valence-corrected chi connectivity index (χ2v) is 8.46. The maximum Gasteiger partial charge on any atom is 0.435 e. The number of halogens is 3. The Bertz CT molecular complexity index is 1210. The Morgan fingerprint density at radius 2 is 1.76 bits per heavy atom. The molecule has 2 N–H and O–H groups in total. The number of likely N-dealkylation sites (N-methyl/N-ethyl adjacent to an activating group) is 1. The molecule has 204 valence electrons. The molecule has 0 fully saturated rings. The van der Waals surface area contributed by atoms with E-state index in [-0.39, 0.29) is 13.1 Å². The van der Waals surface area contributed by atoms with Crippen LogP contribution in [0.15, 0.2) is 54.7 Å². The van der Waals surface area contributed by atoms with Gasteiger partial charge < -0.3 is 24.6 Å². The van der Waals surface area contributed by atoms with Gasteiger partial charge in [0, 0.05) is 43.1 Å². The highest BCUT2D eigenvalue weighted by Crippen LogP contribution is 2.32. The molecular formula is C26H30F3N5O4. The number of carbonyl (C=O) groups excluding carboxylic acids is 2. The number of aromatic amines is 1. The molecular weight excluding hydrogens is 503 g/mol. The standard InChI is InChI=1S/C26H30F3N5O4/c1-4-37-20-10-8-18(9-11-20)24(35)30-12-13-34(25(36)22-17-31-32-23(22)26(27,28)29)19-6-5-7-21(16-19)38-15-14-33(2)3/h5-11,16-17H,4,12-15H2,1-3H3,(H,30,35)(H,31,32). The van der Waals surface area contributed by atoms with Crippen molar-refractivity contribution in [2.24, 2.45) is 0 Å². The Morgan fingerprint density at radius 1 is 1.03 bits per heavy atom. The van der Waals surface area contributed by atoms with Crippen molar-refractivity contribution in [1.82, 2.24) is 20.4 Å². The summed E-state index contributed by atoms with van der Waals surface area (Å²) in [6.07, 6.45) is -3.91. The van der Waals surface area contributed by atoms with Gasteiger partial charge in [0.05, 0.1) is 12.2 Å². The molecule has 0 spiro atoms. The number of ether oxygens (including phenoxy) is 2. The van der Waals surface area contributed by atoms with Crippen LogP contribution < -0.4 is 19.7 Å². The monoisotopic (exact) mass is 533 g/mol. The number of alkyl halides is 3. The average molecular weight is 534 g/mol. The molecule has 38 heavy (non-hydrogen) atoms. The van der Waals surface area contributed by atoms with Gasteiger partial charge in [-0.25, -0.2) is 0 Å². The number of anilines is 1. The smallest absolute Gasteiger partial charge is 0.435 e. The minimum absolute atomic E-state index is 0.0251. The lowest BCUT2D eigenvalue weighted by molar-refractivity contribution is -0.141. The van der Waals surface area contributed by atoms with E-state index in [4.69, 9.17) is 9.47 Å².